The summed E-state index contributed by atoms with van der Waals surface area (Å²) in [7, 11) is 0. The van der Waals surface area contributed by atoms with Crippen LogP contribution in [0.5, 0.6) is 0 Å². The van der Waals surface area contributed by atoms with Gasteiger partial charge in [-0.15, -0.1) is 0 Å². The van der Waals surface area contributed by atoms with Crippen molar-refractivity contribution in [3.05, 3.63) is 28.5 Å². The zero-order chi connectivity index (χ0) is 8.10. The average molecular weight is 216 g/mol. The second-order valence-electron chi connectivity index (χ2n) is 2.09. The van der Waals surface area contributed by atoms with Gasteiger partial charge in [0.2, 0.25) is 0 Å². The number of aromatic nitrogens is 1. The van der Waals surface area contributed by atoms with Gasteiger partial charge in [0.15, 0.2) is 0 Å². The summed E-state index contributed by atoms with van der Waals surface area (Å²) < 4.78 is 6.05. The van der Waals surface area contributed by atoms with Crippen LogP contribution in [0.25, 0.3) is 0 Å². The van der Waals surface area contributed by atoms with Gasteiger partial charge in [0.25, 0.3) is 0 Å². The number of hydrogen-bond acceptors (Lipinski definition) is 2. The number of ether oxygens (including phenoxy) is 1. The predicted octanol–water partition coefficient (Wildman–Crippen LogP) is 2.38. The summed E-state index contributed by atoms with van der Waals surface area (Å²) in [5.41, 5.74) is 0.959. The third-order valence-electron chi connectivity index (χ3n) is 1.23. The lowest BCUT2D eigenvalue weighted by atomic mass is 10.4. The van der Waals surface area contributed by atoms with E-state index in [9.17, 15) is 0 Å². The minimum Gasteiger partial charge on any atom is -0.375 e. The zero-order valence-corrected chi connectivity index (χ0v) is 7.97. The molecule has 0 saturated carbocycles. The standard InChI is InChI=1S/C8H10BrNO/c1-2-11-6-7-4-3-5-8(9)10-7/h3-5H,2,6H2,1H3. The van der Waals surface area contributed by atoms with E-state index in [0.717, 1.165) is 16.9 Å². The molecule has 0 N–H and O–H groups in total. The molecule has 0 spiro atoms. The van der Waals surface area contributed by atoms with E-state index >= 15 is 0 Å². The first-order chi connectivity index (χ1) is 5.33. The van der Waals surface area contributed by atoms with Crippen LogP contribution in [-0.2, 0) is 11.3 Å². The fourth-order valence-corrected chi connectivity index (χ4v) is 1.12. The summed E-state index contributed by atoms with van der Waals surface area (Å²) >= 11 is 3.29. The molecule has 0 bridgehead atoms. The molecule has 0 unspecified atom stereocenters. The van der Waals surface area contributed by atoms with E-state index in [1.165, 1.54) is 0 Å². The van der Waals surface area contributed by atoms with Crippen LogP contribution in [0.2, 0.25) is 0 Å². The Morgan fingerprint density at radius 3 is 3.00 bits per heavy atom. The molecular weight excluding hydrogens is 206 g/mol. The third-order valence-corrected chi connectivity index (χ3v) is 1.67. The highest BCUT2D eigenvalue weighted by Crippen LogP contribution is 2.06. The zero-order valence-electron chi connectivity index (χ0n) is 6.38. The number of nitrogens with zero attached hydrogens (tertiary/aromatic N) is 1. The van der Waals surface area contributed by atoms with Gasteiger partial charge in [0, 0.05) is 6.61 Å². The second kappa shape index (κ2) is 4.46. The quantitative estimate of drug-likeness (QED) is 0.723. The SMILES string of the molecule is CCOCc1cccc(Br)n1. The Morgan fingerprint density at radius 2 is 2.36 bits per heavy atom. The van der Waals surface area contributed by atoms with Crippen molar-refractivity contribution in [3.8, 4) is 0 Å². The Bertz CT molecular complexity index is 227. The van der Waals surface area contributed by atoms with Crippen LogP contribution in [0.15, 0.2) is 22.8 Å². The molecule has 1 aromatic rings. The Balaban J connectivity index is 2.56. The van der Waals surface area contributed by atoms with Crippen LogP contribution in [-0.4, -0.2) is 11.6 Å². The maximum Gasteiger partial charge on any atom is 0.106 e. The summed E-state index contributed by atoms with van der Waals surface area (Å²) in [6.45, 7) is 3.29. The summed E-state index contributed by atoms with van der Waals surface area (Å²) in [5.74, 6) is 0. The van der Waals surface area contributed by atoms with Crippen LogP contribution in [0, 0.1) is 0 Å². The van der Waals surface area contributed by atoms with Crippen LogP contribution >= 0.6 is 15.9 Å². The first kappa shape index (κ1) is 8.68. The first-order valence-electron chi connectivity index (χ1n) is 3.52. The van der Waals surface area contributed by atoms with Gasteiger partial charge < -0.3 is 4.74 Å². The molecule has 3 heteroatoms. The summed E-state index contributed by atoms with van der Waals surface area (Å²) in [6, 6.07) is 5.79. The molecule has 0 amide bonds. The molecule has 0 fully saturated rings. The van der Waals surface area contributed by atoms with Crippen molar-refractivity contribution in [3.63, 3.8) is 0 Å². The number of hydrogen-bond donors (Lipinski definition) is 0. The minimum atomic E-state index is 0.593. The molecule has 0 aliphatic carbocycles. The minimum absolute atomic E-state index is 0.593. The molecule has 1 heterocycles. The molecule has 2 nitrogen and oxygen atoms in total. The number of rotatable bonds is 3. The van der Waals surface area contributed by atoms with Crippen molar-refractivity contribution in [2.75, 3.05) is 6.61 Å². The van der Waals surface area contributed by atoms with E-state index in [-0.39, 0.29) is 0 Å². The molecule has 1 aromatic heterocycles. The molecule has 0 aliphatic rings. The lowest BCUT2D eigenvalue weighted by Gasteiger charge is -1.99. The average Bonchev–Trinajstić information content (AvgIpc) is 2.01. The van der Waals surface area contributed by atoms with Gasteiger partial charge in [-0.25, -0.2) is 4.98 Å². The fraction of sp³-hybridized carbons (Fsp3) is 0.375. The molecule has 0 radical (unpaired) electrons. The highest BCUT2D eigenvalue weighted by molar-refractivity contribution is 9.10. The highest BCUT2D eigenvalue weighted by atomic mass is 79.9. The van der Waals surface area contributed by atoms with Crippen LogP contribution in [0.3, 0.4) is 0 Å². The number of halogens is 1. The van der Waals surface area contributed by atoms with E-state index in [4.69, 9.17) is 4.74 Å². The van der Waals surface area contributed by atoms with Gasteiger partial charge in [-0.05, 0) is 35.0 Å². The van der Waals surface area contributed by atoms with Crippen LogP contribution < -0.4 is 0 Å². The van der Waals surface area contributed by atoms with E-state index in [2.05, 4.69) is 20.9 Å². The fourth-order valence-electron chi connectivity index (χ4n) is 0.737. The molecule has 11 heavy (non-hydrogen) atoms. The number of pyridine rings is 1. The second-order valence-corrected chi connectivity index (χ2v) is 2.90. The van der Waals surface area contributed by atoms with Crippen molar-refractivity contribution < 1.29 is 4.74 Å². The lowest BCUT2D eigenvalue weighted by molar-refractivity contribution is 0.131. The molecule has 0 aromatic carbocycles. The van der Waals surface area contributed by atoms with Crippen molar-refractivity contribution in [1.29, 1.82) is 0 Å². The first-order valence-corrected chi connectivity index (χ1v) is 4.31. The topological polar surface area (TPSA) is 22.1 Å². The van der Waals surface area contributed by atoms with Crippen LogP contribution in [0.4, 0.5) is 0 Å². The van der Waals surface area contributed by atoms with Crippen molar-refractivity contribution in [1.82, 2.24) is 4.98 Å². The Labute approximate surface area is 74.7 Å². The summed E-state index contributed by atoms with van der Waals surface area (Å²) in [6.07, 6.45) is 0. The Hall–Kier alpha value is -0.410. The summed E-state index contributed by atoms with van der Waals surface area (Å²) in [5, 5.41) is 0. The van der Waals surface area contributed by atoms with E-state index in [0.29, 0.717) is 6.61 Å². The van der Waals surface area contributed by atoms with E-state index in [1.807, 2.05) is 25.1 Å². The van der Waals surface area contributed by atoms with Gasteiger partial charge in [0.1, 0.15) is 4.60 Å². The maximum atomic E-state index is 5.19. The third kappa shape index (κ3) is 2.99. The lowest BCUT2D eigenvalue weighted by Crippen LogP contribution is -1.94. The highest BCUT2D eigenvalue weighted by Gasteiger charge is 1.93. The van der Waals surface area contributed by atoms with Gasteiger partial charge in [0.05, 0.1) is 12.3 Å². The van der Waals surface area contributed by atoms with Gasteiger partial charge in [-0.3, -0.25) is 0 Å². The smallest absolute Gasteiger partial charge is 0.106 e. The molecule has 0 saturated heterocycles. The predicted molar refractivity (Wildman–Crippen MR) is 47.3 cm³/mol. The van der Waals surface area contributed by atoms with E-state index in [1.54, 1.807) is 0 Å². The molecule has 60 valence electrons. The molecule has 0 atom stereocenters. The molecular formula is C8H10BrNO. The molecule has 0 aliphatic heterocycles. The van der Waals surface area contributed by atoms with Crippen molar-refractivity contribution in [2.24, 2.45) is 0 Å². The monoisotopic (exact) mass is 215 g/mol. The van der Waals surface area contributed by atoms with Crippen molar-refractivity contribution >= 4 is 15.9 Å². The Morgan fingerprint density at radius 1 is 1.55 bits per heavy atom. The van der Waals surface area contributed by atoms with Gasteiger partial charge in [-0.1, -0.05) is 6.07 Å². The Kier molecular flexibility index (Phi) is 3.52. The normalized spacial score (nSPS) is 10.0. The summed E-state index contributed by atoms with van der Waals surface area (Å²) in [4.78, 5) is 4.20. The van der Waals surface area contributed by atoms with E-state index < -0.39 is 0 Å². The molecule has 1 rings (SSSR count). The maximum absolute atomic E-state index is 5.19. The van der Waals surface area contributed by atoms with Crippen LogP contribution in [0.1, 0.15) is 12.6 Å². The van der Waals surface area contributed by atoms with Crippen molar-refractivity contribution in [2.45, 2.75) is 13.5 Å². The van der Waals surface area contributed by atoms with Gasteiger partial charge in [-0.2, -0.15) is 0 Å². The largest absolute Gasteiger partial charge is 0.375 e. The van der Waals surface area contributed by atoms with Gasteiger partial charge >= 0.3 is 0 Å².